The van der Waals surface area contributed by atoms with E-state index >= 15 is 0 Å². The first-order chi connectivity index (χ1) is 11.5. The summed E-state index contributed by atoms with van der Waals surface area (Å²) in [6, 6.07) is 0.298. The second kappa shape index (κ2) is 9.04. The largest absolute Gasteiger partial charge is 0.339 e. The molecule has 0 spiro atoms. The Balaban J connectivity index is 1.82. The summed E-state index contributed by atoms with van der Waals surface area (Å²) >= 11 is 0. The summed E-state index contributed by atoms with van der Waals surface area (Å²) in [7, 11) is 0. The van der Waals surface area contributed by atoms with E-state index in [1.165, 1.54) is 25.7 Å². The molecule has 0 radical (unpaired) electrons. The zero-order valence-corrected chi connectivity index (χ0v) is 15.1. The molecule has 136 valence electrons. The Labute approximate surface area is 145 Å². The molecule has 1 heterocycles. The third-order valence-electron chi connectivity index (χ3n) is 5.31. The van der Waals surface area contributed by atoms with E-state index in [1.807, 2.05) is 9.80 Å². The zero-order chi connectivity index (χ0) is 17.5. The number of amides is 3. The molecule has 0 atom stereocenters. The van der Waals surface area contributed by atoms with Crippen LogP contribution in [0.25, 0.3) is 0 Å². The van der Waals surface area contributed by atoms with Crippen molar-refractivity contribution in [3.8, 4) is 0 Å². The third kappa shape index (κ3) is 5.21. The minimum atomic E-state index is 0.0678. The summed E-state index contributed by atoms with van der Waals surface area (Å²) in [4.78, 5) is 41.3. The van der Waals surface area contributed by atoms with Gasteiger partial charge in [0.2, 0.25) is 17.7 Å². The highest BCUT2D eigenvalue weighted by atomic mass is 16.2. The van der Waals surface area contributed by atoms with Gasteiger partial charge in [0, 0.05) is 59.0 Å². The summed E-state index contributed by atoms with van der Waals surface area (Å²) in [5.41, 5.74) is 0. The van der Waals surface area contributed by atoms with E-state index in [-0.39, 0.29) is 17.7 Å². The number of nitrogens with zero attached hydrogens (tertiary/aromatic N) is 3. The topological polar surface area (TPSA) is 60.9 Å². The molecule has 6 nitrogen and oxygen atoms in total. The van der Waals surface area contributed by atoms with Gasteiger partial charge in [-0.3, -0.25) is 14.4 Å². The summed E-state index contributed by atoms with van der Waals surface area (Å²) in [5.74, 6) is 0.243. The first kappa shape index (κ1) is 18.7. The molecule has 1 saturated heterocycles. The number of hydrogen-bond acceptors (Lipinski definition) is 3. The highest BCUT2D eigenvalue weighted by molar-refractivity contribution is 5.79. The number of rotatable bonds is 4. The maximum absolute atomic E-state index is 12.4. The van der Waals surface area contributed by atoms with E-state index in [4.69, 9.17) is 0 Å². The monoisotopic (exact) mass is 337 g/mol. The fraction of sp³-hybridized carbons (Fsp3) is 0.833. The normalized spacial score (nSPS) is 19.8. The van der Waals surface area contributed by atoms with Crippen LogP contribution >= 0.6 is 0 Å². The van der Waals surface area contributed by atoms with Crippen molar-refractivity contribution in [3.63, 3.8) is 0 Å². The van der Waals surface area contributed by atoms with Crippen LogP contribution in [0.5, 0.6) is 0 Å². The average Bonchev–Trinajstić information content (AvgIpc) is 2.84. The van der Waals surface area contributed by atoms with Crippen molar-refractivity contribution in [3.05, 3.63) is 0 Å². The van der Waals surface area contributed by atoms with E-state index in [0.717, 1.165) is 12.8 Å². The summed E-state index contributed by atoms with van der Waals surface area (Å²) in [6.45, 7) is 6.12. The van der Waals surface area contributed by atoms with Crippen molar-refractivity contribution in [2.75, 3.05) is 32.7 Å². The quantitative estimate of drug-likeness (QED) is 0.733. The van der Waals surface area contributed by atoms with Crippen LogP contribution in [0, 0.1) is 0 Å². The van der Waals surface area contributed by atoms with Gasteiger partial charge in [0.05, 0.1) is 0 Å². The summed E-state index contributed by atoms with van der Waals surface area (Å²) in [5, 5.41) is 0. The van der Waals surface area contributed by atoms with Crippen molar-refractivity contribution >= 4 is 17.7 Å². The lowest BCUT2D eigenvalue weighted by Crippen LogP contribution is -2.50. The Morgan fingerprint density at radius 1 is 0.875 bits per heavy atom. The molecule has 1 aliphatic heterocycles. The Kier molecular flexibility index (Phi) is 7.06. The summed E-state index contributed by atoms with van der Waals surface area (Å²) < 4.78 is 0. The van der Waals surface area contributed by atoms with Gasteiger partial charge in [-0.05, 0) is 12.8 Å². The van der Waals surface area contributed by atoms with Gasteiger partial charge in [0.15, 0.2) is 0 Å². The van der Waals surface area contributed by atoms with Gasteiger partial charge in [0.25, 0.3) is 0 Å². The molecule has 2 rings (SSSR count). The number of carbonyl (C=O) groups is 3. The van der Waals surface area contributed by atoms with Crippen LogP contribution in [0.2, 0.25) is 0 Å². The number of carbonyl (C=O) groups excluding carboxylic acids is 3. The van der Waals surface area contributed by atoms with E-state index in [9.17, 15) is 14.4 Å². The minimum Gasteiger partial charge on any atom is -0.339 e. The first-order valence-electron chi connectivity index (χ1n) is 9.29. The van der Waals surface area contributed by atoms with Crippen molar-refractivity contribution in [1.29, 1.82) is 0 Å². The zero-order valence-electron chi connectivity index (χ0n) is 15.1. The van der Waals surface area contributed by atoms with Crippen molar-refractivity contribution < 1.29 is 14.4 Å². The Morgan fingerprint density at radius 2 is 1.42 bits per heavy atom. The van der Waals surface area contributed by atoms with Crippen LogP contribution in [0.4, 0.5) is 0 Å². The van der Waals surface area contributed by atoms with Crippen LogP contribution in [-0.2, 0) is 14.4 Å². The number of hydrogen-bond donors (Lipinski definition) is 0. The average molecular weight is 337 g/mol. The second-order valence-electron chi connectivity index (χ2n) is 6.99. The SMILES string of the molecule is CC(=O)N1CCN(C(=O)CCN(C(C)=O)C2CCCCCC2)CC1. The molecule has 1 aliphatic carbocycles. The van der Waals surface area contributed by atoms with Gasteiger partial charge in [-0.2, -0.15) is 0 Å². The van der Waals surface area contributed by atoms with Crippen LogP contribution in [-0.4, -0.2) is 71.2 Å². The number of piperazine rings is 1. The molecule has 1 saturated carbocycles. The van der Waals surface area contributed by atoms with Gasteiger partial charge >= 0.3 is 0 Å². The highest BCUT2D eigenvalue weighted by Crippen LogP contribution is 2.22. The van der Waals surface area contributed by atoms with Crippen molar-refractivity contribution in [1.82, 2.24) is 14.7 Å². The third-order valence-corrected chi connectivity index (χ3v) is 5.31. The predicted molar refractivity (Wildman–Crippen MR) is 92.3 cm³/mol. The van der Waals surface area contributed by atoms with Gasteiger partial charge < -0.3 is 14.7 Å². The molecule has 24 heavy (non-hydrogen) atoms. The Hall–Kier alpha value is -1.59. The smallest absolute Gasteiger partial charge is 0.224 e. The molecule has 0 aromatic carbocycles. The first-order valence-corrected chi connectivity index (χ1v) is 9.29. The van der Waals surface area contributed by atoms with Crippen LogP contribution < -0.4 is 0 Å². The maximum Gasteiger partial charge on any atom is 0.224 e. The van der Waals surface area contributed by atoms with E-state index in [2.05, 4.69) is 0 Å². The van der Waals surface area contributed by atoms with E-state index < -0.39 is 0 Å². The molecule has 3 amide bonds. The standard InChI is InChI=1S/C18H31N3O3/c1-15(22)19-11-13-20(14-12-19)18(24)9-10-21(16(2)23)17-7-5-3-4-6-8-17/h17H,3-14H2,1-2H3. The van der Waals surface area contributed by atoms with E-state index in [1.54, 1.807) is 18.7 Å². The maximum atomic E-state index is 12.4. The molecule has 6 heteroatoms. The molecular weight excluding hydrogens is 306 g/mol. The minimum absolute atomic E-state index is 0.0678. The summed E-state index contributed by atoms with van der Waals surface area (Å²) in [6.07, 6.45) is 7.36. The Bertz CT molecular complexity index is 450. The van der Waals surface area contributed by atoms with Crippen molar-refractivity contribution in [2.45, 2.75) is 64.8 Å². The van der Waals surface area contributed by atoms with Gasteiger partial charge in [-0.1, -0.05) is 25.7 Å². The lowest BCUT2D eigenvalue weighted by Gasteiger charge is -2.35. The van der Waals surface area contributed by atoms with Gasteiger partial charge in [-0.15, -0.1) is 0 Å². The molecule has 0 aromatic rings. The fourth-order valence-corrected chi connectivity index (χ4v) is 3.81. The molecule has 2 fully saturated rings. The Morgan fingerprint density at radius 3 is 1.92 bits per heavy atom. The molecule has 0 unspecified atom stereocenters. The van der Waals surface area contributed by atoms with Crippen LogP contribution in [0.1, 0.15) is 58.8 Å². The molecule has 2 aliphatic rings. The van der Waals surface area contributed by atoms with Gasteiger partial charge in [-0.25, -0.2) is 0 Å². The van der Waals surface area contributed by atoms with Crippen LogP contribution in [0.15, 0.2) is 0 Å². The molecule has 0 bridgehead atoms. The van der Waals surface area contributed by atoms with Crippen molar-refractivity contribution in [2.24, 2.45) is 0 Å². The lowest BCUT2D eigenvalue weighted by molar-refractivity contribution is -0.139. The molecule has 0 aromatic heterocycles. The predicted octanol–water partition coefficient (Wildman–Crippen LogP) is 1.64. The van der Waals surface area contributed by atoms with E-state index in [0.29, 0.717) is 45.2 Å². The highest BCUT2D eigenvalue weighted by Gasteiger charge is 2.25. The molecular formula is C18H31N3O3. The fourth-order valence-electron chi connectivity index (χ4n) is 3.81. The van der Waals surface area contributed by atoms with Gasteiger partial charge in [0.1, 0.15) is 0 Å². The lowest BCUT2D eigenvalue weighted by atomic mass is 10.1. The second-order valence-corrected chi connectivity index (χ2v) is 6.99. The van der Waals surface area contributed by atoms with Crippen LogP contribution in [0.3, 0.4) is 0 Å². The molecule has 0 N–H and O–H groups in total.